The molecule has 0 amide bonds. The van der Waals surface area contributed by atoms with E-state index >= 15 is 0 Å². The van der Waals surface area contributed by atoms with Crippen molar-refractivity contribution in [2.24, 2.45) is 0 Å². The van der Waals surface area contributed by atoms with Gasteiger partial charge in [0.1, 0.15) is 5.52 Å². The summed E-state index contributed by atoms with van der Waals surface area (Å²) in [6, 6.07) is 5.48. The molecule has 0 unspecified atom stereocenters. The smallest absolute Gasteiger partial charge is 0.278 e. The zero-order chi connectivity index (χ0) is 11.7. The Morgan fingerprint density at radius 3 is 2.81 bits per heavy atom. The Morgan fingerprint density at radius 2 is 2.12 bits per heavy atom. The molecule has 6 nitrogen and oxygen atoms in total. The molecule has 0 spiro atoms. The number of carboxylic acids is 1. The summed E-state index contributed by atoms with van der Waals surface area (Å²) in [5, 5.41) is 18.3. The van der Waals surface area contributed by atoms with Crippen molar-refractivity contribution in [1.29, 1.82) is 0 Å². The Labute approximate surface area is 90.1 Å². The van der Waals surface area contributed by atoms with Crippen LogP contribution in [0, 0.1) is 0 Å². The number of nitrogens with zero attached hydrogens (tertiary/aromatic N) is 3. The number of aromatic nitrogens is 3. The molecule has 16 heavy (non-hydrogen) atoms. The summed E-state index contributed by atoms with van der Waals surface area (Å²) in [7, 11) is 0. The van der Waals surface area contributed by atoms with Crippen molar-refractivity contribution in [2.75, 3.05) is 0 Å². The fourth-order valence-corrected chi connectivity index (χ4v) is 1.36. The highest BCUT2D eigenvalue weighted by Gasteiger charge is 2.11. The molecule has 0 N–H and O–H groups in total. The van der Waals surface area contributed by atoms with Gasteiger partial charge in [-0.3, -0.25) is 4.79 Å². The summed E-state index contributed by atoms with van der Waals surface area (Å²) in [4.78, 5) is 22.5. The average molecular weight is 218 g/mol. The van der Waals surface area contributed by atoms with E-state index in [1.54, 1.807) is 24.3 Å². The van der Waals surface area contributed by atoms with E-state index in [1.807, 2.05) is 0 Å². The Bertz CT molecular complexity index is 606. The van der Waals surface area contributed by atoms with Crippen molar-refractivity contribution in [3.05, 3.63) is 34.6 Å². The number of carbonyl (C=O) groups excluding carboxylic acids is 1. The van der Waals surface area contributed by atoms with E-state index in [0.29, 0.717) is 10.9 Å². The number of rotatable bonds is 2. The molecule has 1 aromatic carbocycles. The molecule has 0 aliphatic carbocycles. The predicted molar refractivity (Wildman–Crippen MR) is 53.5 cm³/mol. The molecule has 0 saturated carbocycles. The molecule has 6 heteroatoms. The van der Waals surface area contributed by atoms with Gasteiger partial charge in [0, 0.05) is 0 Å². The largest absolute Gasteiger partial charge is 0.548 e. The van der Waals surface area contributed by atoms with Crippen molar-refractivity contribution < 1.29 is 9.90 Å². The van der Waals surface area contributed by atoms with Gasteiger partial charge in [0.15, 0.2) is 0 Å². The lowest BCUT2D eigenvalue weighted by molar-refractivity contribution is -0.310. The fourth-order valence-electron chi connectivity index (χ4n) is 1.36. The summed E-state index contributed by atoms with van der Waals surface area (Å²) in [6.45, 7) is 1.32. The fraction of sp³-hybridized carbons (Fsp3) is 0.200. The molecule has 0 radical (unpaired) electrons. The van der Waals surface area contributed by atoms with Crippen LogP contribution in [0.2, 0.25) is 0 Å². The Hall–Kier alpha value is -2.24. The second kappa shape index (κ2) is 3.73. The predicted octanol–water partition coefficient (Wildman–Crippen LogP) is -0.898. The Balaban J connectivity index is 2.70. The van der Waals surface area contributed by atoms with Crippen molar-refractivity contribution in [3.63, 3.8) is 0 Å². The zero-order valence-electron chi connectivity index (χ0n) is 8.45. The van der Waals surface area contributed by atoms with Crippen LogP contribution in [0.25, 0.3) is 10.9 Å². The Morgan fingerprint density at radius 1 is 1.44 bits per heavy atom. The van der Waals surface area contributed by atoms with Crippen molar-refractivity contribution in [1.82, 2.24) is 15.0 Å². The third-order valence-electron chi connectivity index (χ3n) is 2.30. The third kappa shape index (κ3) is 1.54. The second-order valence-electron chi connectivity index (χ2n) is 3.35. The SMILES string of the molecule is C[C@H](C(=O)[O-])n1nnc2ccccc2c1=O. The highest BCUT2D eigenvalue weighted by Crippen LogP contribution is 2.05. The third-order valence-corrected chi connectivity index (χ3v) is 2.30. The number of carbonyl (C=O) groups is 1. The van der Waals surface area contributed by atoms with E-state index in [4.69, 9.17) is 0 Å². The maximum atomic E-state index is 11.8. The van der Waals surface area contributed by atoms with Gasteiger partial charge in [-0.05, 0) is 19.1 Å². The van der Waals surface area contributed by atoms with Crippen LogP contribution >= 0.6 is 0 Å². The first-order valence-corrected chi connectivity index (χ1v) is 4.66. The normalized spacial score (nSPS) is 12.6. The lowest BCUT2D eigenvalue weighted by Crippen LogP contribution is -2.38. The molecule has 0 fully saturated rings. The molecule has 0 aliphatic rings. The first-order valence-electron chi connectivity index (χ1n) is 4.66. The number of benzene rings is 1. The second-order valence-corrected chi connectivity index (χ2v) is 3.35. The van der Waals surface area contributed by atoms with Gasteiger partial charge in [-0.15, -0.1) is 5.10 Å². The van der Waals surface area contributed by atoms with Gasteiger partial charge in [-0.25, -0.2) is 4.68 Å². The van der Waals surface area contributed by atoms with Crippen LogP contribution in [0.15, 0.2) is 29.1 Å². The van der Waals surface area contributed by atoms with Gasteiger partial charge in [0.2, 0.25) is 0 Å². The summed E-state index contributed by atoms with van der Waals surface area (Å²) < 4.78 is 0.803. The van der Waals surface area contributed by atoms with Crippen LogP contribution in [0.4, 0.5) is 0 Å². The van der Waals surface area contributed by atoms with Gasteiger partial charge < -0.3 is 9.90 Å². The molecule has 0 bridgehead atoms. The number of hydrogen-bond donors (Lipinski definition) is 0. The van der Waals surface area contributed by atoms with Crippen LogP contribution in [-0.2, 0) is 4.79 Å². The summed E-state index contributed by atoms with van der Waals surface area (Å²) >= 11 is 0. The van der Waals surface area contributed by atoms with Gasteiger partial charge >= 0.3 is 0 Å². The number of aliphatic carboxylic acids is 1. The van der Waals surface area contributed by atoms with Crippen LogP contribution in [0.5, 0.6) is 0 Å². The lowest BCUT2D eigenvalue weighted by Gasteiger charge is -2.13. The maximum Gasteiger partial charge on any atom is 0.278 e. The summed E-state index contributed by atoms with van der Waals surface area (Å²) in [6.07, 6.45) is 0. The van der Waals surface area contributed by atoms with Crippen molar-refractivity contribution >= 4 is 16.9 Å². The van der Waals surface area contributed by atoms with Gasteiger partial charge in [-0.1, -0.05) is 17.3 Å². The minimum absolute atomic E-state index is 0.339. The van der Waals surface area contributed by atoms with Gasteiger partial charge in [-0.2, -0.15) is 0 Å². The first-order chi connectivity index (χ1) is 7.61. The maximum absolute atomic E-state index is 11.8. The molecule has 1 heterocycles. The zero-order valence-corrected chi connectivity index (χ0v) is 8.45. The summed E-state index contributed by atoms with van der Waals surface area (Å²) in [5.74, 6) is -1.37. The van der Waals surface area contributed by atoms with Crippen LogP contribution < -0.4 is 10.7 Å². The molecule has 1 aromatic heterocycles. The molecule has 2 rings (SSSR count). The van der Waals surface area contributed by atoms with Gasteiger partial charge in [0.05, 0.1) is 17.4 Å². The number of carboxylic acid groups (broad SMARTS) is 1. The van der Waals surface area contributed by atoms with E-state index in [0.717, 1.165) is 4.68 Å². The molecule has 82 valence electrons. The van der Waals surface area contributed by atoms with Crippen molar-refractivity contribution in [2.45, 2.75) is 13.0 Å². The van der Waals surface area contributed by atoms with E-state index in [1.165, 1.54) is 6.92 Å². The molecule has 2 aromatic rings. The number of hydrogen-bond acceptors (Lipinski definition) is 5. The highest BCUT2D eigenvalue weighted by atomic mass is 16.4. The minimum atomic E-state index is -1.37. The van der Waals surface area contributed by atoms with E-state index in [2.05, 4.69) is 10.3 Å². The van der Waals surface area contributed by atoms with Crippen LogP contribution in [-0.4, -0.2) is 21.0 Å². The van der Waals surface area contributed by atoms with Gasteiger partial charge in [0.25, 0.3) is 5.56 Å². The highest BCUT2D eigenvalue weighted by molar-refractivity contribution is 5.77. The van der Waals surface area contributed by atoms with E-state index in [9.17, 15) is 14.7 Å². The monoisotopic (exact) mass is 218 g/mol. The Kier molecular flexibility index (Phi) is 2.40. The van der Waals surface area contributed by atoms with E-state index < -0.39 is 17.6 Å². The molecule has 0 aliphatic heterocycles. The molecular formula is C10H8N3O3-. The van der Waals surface area contributed by atoms with Crippen LogP contribution in [0.3, 0.4) is 0 Å². The average Bonchev–Trinajstić information content (AvgIpc) is 2.29. The van der Waals surface area contributed by atoms with Crippen molar-refractivity contribution in [3.8, 4) is 0 Å². The minimum Gasteiger partial charge on any atom is -0.548 e. The molecular weight excluding hydrogens is 210 g/mol. The van der Waals surface area contributed by atoms with E-state index in [-0.39, 0.29) is 0 Å². The number of fused-ring (bicyclic) bond motifs is 1. The summed E-state index contributed by atoms with van der Waals surface area (Å²) in [5.41, 5.74) is -0.0448. The first kappa shape index (κ1) is 10.3. The van der Waals surface area contributed by atoms with Crippen LogP contribution in [0.1, 0.15) is 13.0 Å². The standard InChI is InChI=1S/C10H9N3O3/c1-6(10(15)16)13-9(14)7-4-2-3-5-8(7)11-12-13/h2-6H,1H3,(H,15,16)/p-1/t6-/m1/s1. The molecule has 1 atom stereocenters. The topological polar surface area (TPSA) is 87.9 Å². The molecule has 0 saturated heterocycles. The quantitative estimate of drug-likeness (QED) is 0.652. The lowest BCUT2D eigenvalue weighted by atomic mass is 10.2.